The maximum atomic E-state index is 12.7. The van der Waals surface area contributed by atoms with Gasteiger partial charge in [0.05, 0.1) is 5.56 Å². The summed E-state index contributed by atoms with van der Waals surface area (Å²) in [6, 6.07) is 4.32. The Kier molecular flexibility index (Phi) is 6.01. The Balaban J connectivity index is 2.45. The molecule has 1 rings (SSSR count). The summed E-state index contributed by atoms with van der Waals surface area (Å²) in [6.07, 6.45) is -4.31. The SMILES string of the molecule is O=C(O)CCCNC(=O)NCc1ccccc1C(F)(F)F. The predicted octanol–water partition coefficient (Wildman–Crippen LogP) is 2.37. The van der Waals surface area contributed by atoms with Crippen molar-refractivity contribution in [2.75, 3.05) is 6.54 Å². The Morgan fingerprint density at radius 3 is 2.43 bits per heavy atom. The van der Waals surface area contributed by atoms with Crippen LogP contribution in [0.25, 0.3) is 0 Å². The Morgan fingerprint density at radius 1 is 1.14 bits per heavy atom. The van der Waals surface area contributed by atoms with E-state index in [0.717, 1.165) is 6.07 Å². The summed E-state index contributed by atoms with van der Waals surface area (Å²) in [5, 5.41) is 13.1. The second-order valence-electron chi connectivity index (χ2n) is 4.26. The summed E-state index contributed by atoms with van der Waals surface area (Å²) in [6.45, 7) is -0.125. The minimum absolute atomic E-state index is 0.0364. The molecule has 21 heavy (non-hydrogen) atoms. The van der Waals surface area contributed by atoms with Gasteiger partial charge >= 0.3 is 18.2 Å². The second kappa shape index (κ2) is 7.51. The van der Waals surface area contributed by atoms with Gasteiger partial charge in [0.2, 0.25) is 0 Å². The van der Waals surface area contributed by atoms with Crippen LogP contribution in [-0.4, -0.2) is 23.7 Å². The van der Waals surface area contributed by atoms with Gasteiger partial charge in [-0.3, -0.25) is 4.79 Å². The largest absolute Gasteiger partial charge is 0.481 e. The van der Waals surface area contributed by atoms with Gasteiger partial charge in [0.25, 0.3) is 0 Å². The van der Waals surface area contributed by atoms with Gasteiger partial charge in [0, 0.05) is 19.5 Å². The number of amides is 2. The van der Waals surface area contributed by atoms with Crippen LogP contribution in [0.5, 0.6) is 0 Å². The number of carboxylic acids is 1. The number of hydrogen-bond donors (Lipinski definition) is 3. The normalized spacial score (nSPS) is 11.0. The van der Waals surface area contributed by atoms with E-state index < -0.39 is 23.7 Å². The molecule has 0 aliphatic carbocycles. The Labute approximate surface area is 119 Å². The highest BCUT2D eigenvalue weighted by Crippen LogP contribution is 2.31. The van der Waals surface area contributed by atoms with E-state index >= 15 is 0 Å². The van der Waals surface area contributed by atoms with E-state index in [-0.39, 0.29) is 31.5 Å². The van der Waals surface area contributed by atoms with Gasteiger partial charge in [0.15, 0.2) is 0 Å². The van der Waals surface area contributed by atoms with Crippen molar-refractivity contribution >= 4 is 12.0 Å². The molecule has 116 valence electrons. The summed E-state index contributed by atoms with van der Waals surface area (Å²) in [7, 11) is 0. The van der Waals surface area contributed by atoms with Crippen molar-refractivity contribution in [2.24, 2.45) is 0 Å². The van der Waals surface area contributed by atoms with Crippen molar-refractivity contribution in [3.8, 4) is 0 Å². The summed E-state index contributed by atoms with van der Waals surface area (Å²) in [5.41, 5.74) is -0.832. The molecule has 0 radical (unpaired) electrons. The van der Waals surface area contributed by atoms with Crippen molar-refractivity contribution < 1.29 is 27.9 Å². The summed E-state index contributed by atoms with van der Waals surface area (Å²) in [4.78, 5) is 21.6. The van der Waals surface area contributed by atoms with Crippen molar-refractivity contribution in [3.63, 3.8) is 0 Å². The van der Waals surface area contributed by atoms with Crippen LogP contribution < -0.4 is 10.6 Å². The van der Waals surface area contributed by atoms with Crippen LogP contribution in [0.4, 0.5) is 18.0 Å². The second-order valence-corrected chi connectivity index (χ2v) is 4.26. The third-order valence-corrected chi connectivity index (χ3v) is 2.62. The van der Waals surface area contributed by atoms with Crippen LogP contribution in [0, 0.1) is 0 Å². The number of benzene rings is 1. The minimum atomic E-state index is -4.48. The number of rotatable bonds is 6. The molecular formula is C13H15F3N2O3. The molecule has 1 aromatic rings. The standard InChI is InChI=1S/C13H15F3N2O3/c14-13(15,16)10-5-2-1-4-9(10)8-18-12(21)17-7-3-6-11(19)20/h1-2,4-5H,3,6-8H2,(H,19,20)(H2,17,18,21). The summed E-state index contributed by atoms with van der Waals surface area (Å²) >= 11 is 0. The van der Waals surface area contributed by atoms with Gasteiger partial charge in [-0.25, -0.2) is 4.79 Å². The molecule has 0 fully saturated rings. The lowest BCUT2D eigenvalue weighted by atomic mass is 10.1. The minimum Gasteiger partial charge on any atom is -0.481 e. The number of nitrogens with one attached hydrogen (secondary N) is 2. The highest BCUT2D eigenvalue weighted by molar-refractivity contribution is 5.74. The molecule has 0 atom stereocenters. The van der Waals surface area contributed by atoms with E-state index in [4.69, 9.17) is 5.11 Å². The Bertz CT molecular complexity index is 504. The zero-order chi connectivity index (χ0) is 15.9. The van der Waals surface area contributed by atoms with Gasteiger partial charge < -0.3 is 15.7 Å². The fourth-order valence-corrected chi connectivity index (χ4v) is 1.63. The number of urea groups is 1. The fourth-order valence-electron chi connectivity index (χ4n) is 1.63. The highest BCUT2D eigenvalue weighted by Gasteiger charge is 2.32. The van der Waals surface area contributed by atoms with Crippen LogP contribution in [0.1, 0.15) is 24.0 Å². The van der Waals surface area contributed by atoms with Crippen LogP contribution >= 0.6 is 0 Å². The lowest BCUT2D eigenvalue weighted by molar-refractivity contribution is -0.138. The van der Waals surface area contributed by atoms with Gasteiger partial charge in [-0.15, -0.1) is 0 Å². The van der Waals surface area contributed by atoms with Crippen LogP contribution in [0.3, 0.4) is 0 Å². The van der Waals surface area contributed by atoms with E-state index in [0.29, 0.717) is 0 Å². The molecule has 0 saturated carbocycles. The molecule has 0 unspecified atom stereocenters. The van der Waals surface area contributed by atoms with Gasteiger partial charge in [-0.05, 0) is 18.1 Å². The molecular weight excluding hydrogens is 289 g/mol. The number of carboxylic acid groups (broad SMARTS) is 1. The lowest BCUT2D eigenvalue weighted by Gasteiger charge is -2.13. The first-order valence-corrected chi connectivity index (χ1v) is 6.19. The van der Waals surface area contributed by atoms with Crippen molar-refractivity contribution in [2.45, 2.75) is 25.6 Å². The number of carbonyl (C=O) groups is 2. The van der Waals surface area contributed by atoms with Crippen LogP contribution in [-0.2, 0) is 17.5 Å². The third kappa shape index (κ3) is 6.15. The highest BCUT2D eigenvalue weighted by atomic mass is 19.4. The zero-order valence-corrected chi connectivity index (χ0v) is 11.0. The Morgan fingerprint density at radius 2 is 1.81 bits per heavy atom. The number of halogens is 3. The average Bonchev–Trinajstić information content (AvgIpc) is 2.40. The average molecular weight is 304 g/mol. The van der Waals surface area contributed by atoms with E-state index in [1.807, 2.05) is 0 Å². The zero-order valence-electron chi connectivity index (χ0n) is 11.0. The molecule has 0 aliphatic rings. The van der Waals surface area contributed by atoms with E-state index in [2.05, 4.69) is 10.6 Å². The Hall–Kier alpha value is -2.25. The fraction of sp³-hybridized carbons (Fsp3) is 0.385. The molecule has 0 aromatic heterocycles. The first kappa shape index (κ1) is 16.8. The summed E-state index contributed by atoms with van der Waals surface area (Å²) in [5.74, 6) is -0.976. The quantitative estimate of drug-likeness (QED) is 0.706. The first-order valence-electron chi connectivity index (χ1n) is 6.19. The van der Waals surface area contributed by atoms with E-state index in [1.165, 1.54) is 18.2 Å². The van der Waals surface area contributed by atoms with E-state index in [1.54, 1.807) is 0 Å². The maximum Gasteiger partial charge on any atom is 0.416 e. The molecule has 0 heterocycles. The first-order chi connectivity index (χ1) is 9.80. The van der Waals surface area contributed by atoms with E-state index in [9.17, 15) is 22.8 Å². The summed E-state index contributed by atoms with van der Waals surface area (Å²) < 4.78 is 38.1. The molecule has 0 saturated heterocycles. The number of hydrogen-bond acceptors (Lipinski definition) is 2. The molecule has 3 N–H and O–H groups in total. The molecule has 0 spiro atoms. The molecule has 5 nitrogen and oxygen atoms in total. The van der Waals surface area contributed by atoms with Crippen LogP contribution in [0.15, 0.2) is 24.3 Å². The van der Waals surface area contributed by atoms with Crippen molar-refractivity contribution in [1.82, 2.24) is 10.6 Å². The van der Waals surface area contributed by atoms with Crippen molar-refractivity contribution in [1.29, 1.82) is 0 Å². The molecule has 2 amide bonds. The molecule has 0 bridgehead atoms. The number of carbonyl (C=O) groups excluding carboxylic acids is 1. The maximum absolute atomic E-state index is 12.7. The van der Waals surface area contributed by atoms with Gasteiger partial charge in [-0.1, -0.05) is 18.2 Å². The monoisotopic (exact) mass is 304 g/mol. The molecule has 0 aliphatic heterocycles. The smallest absolute Gasteiger partial charge is 0.416 e. The number of aliphatic carboxylic acids is 1. The topological polar surface area (TPSA) is 78.4 Å². The van der Waals surface area contributed by atoms with Gasteiger partial charge in [0.1, 0.15) is 0 Å². The molecule has 8 heteroatoms. The number of alkyl halides is 3. The van der Waals surface area contributed by atoms with Crippen LogP contribution in [0.2, 0.25) is 0 Å². The molecule has 1 aromatic carbocycles. The lowest BCUT2D eigenvalue weighted by Crippen LogP contribution is -2.36. The third-order valence-electron chi connectivity index (χ3n) is 2.62. The predicted molar refractivity (Wildman–Crippen MR) is 68.6 cm³/mol. The van der Waals surface area contributed by atoms with Crippen molar-refractivity contribution in [3.05, 3.63) is 35.4 Å². The van der Waals surface area contributed by atoms with Gasteiger partial charge in [-0.2, -0.15) is 13.2 Å².